The van der Waals surface area contributed by atoms with Crippen LogP contribution in [0.3, 0.4) is 0 Å². The number of benzene rings is 2. The molecule has 2 N–H and O–H groups in total. The maximum Gasteiger partial charge on any atom is 0.272 e. The Kier molecular flexibility index (Phi) is 7.97. The van der Waals surface area contributed by atoms with Crippen molar-refractivity contribution in [3.05, 3.63) is 60.2 Å². The molecule has 9 nitrogen and oxygen atoms in total. The summed E-state index contributed by atoms with van der Waals surface area (Å²) in [4.78, 5) is 37.2. The molecule has 164 valence electrons. The topological polar surface area (TPSA) is 106 Å². The first-order chi connectivity index (χ1) is 15.1. The average molecular weight is 427 g/mol. The first kappa shape index (κ1) is 22.3. The largest absolute Gasteiger partial charge is 0.489 e. The molecule has 0 bridgehead atoms. The number of imide groups is 1. The van der Waals surface area contributed by atoms with E-state index in [1.807, 2.05) is 30.3 Å². The summed E-state index contributed by atoms with van der Waals surface area (Å²) in [5.74, 6) is 0.0128. The molecule has 2 aromatic carbocycles. The van der Waals surface area contributed by atoms with Gasteiger partial charge in [-0.25, -0.2) is 5.43 Å². The molecule has 1 aliphatic rings. The third-order valence-electron chi connectivity index (χ3n) is 4.59. The van der Waals surface area contributed by atoms with Crippen LogP contribution in [0.1, 0.15) is 12.0 Å². The molecule has 0 aliphatic carbocycles. The van der Waals surface area contributed by atoms with E-state index in [9.17, 15) is 14.4 Å². The van der Waals surface area contributed by atoms with Crippen molar-refractivity contribution < 1.29 is 28.6 Å². The normalized spacial score (nSPS) is 15.8. The van der Waals surface area contributed by atoms with Gasteiger partial charge in [0.25, 0.3) is 5.91 Å². The van der Waals surface area contributed by atoms with E-state index in [0.717, 1.165) is 10.5 Å². The third kappa shape index (κ3) is 6.53. The van der Waals surface area contributed by atoms with Gasteiger partial charge in [-0.05, 0) is 29.8 Å². The van der Waals surface area contributed by atoms with Crippen LogP contribution in [-0.4, -0.2) is 55.5 Å². The van der Waals surface area contributed by atoms with Crippen LogP contribution in [-0.2, 0) is 25.7 Å². The summed E-state index contributed by atoms with van der Waals surface area (Å²) < 4.78 is 16.0. The number of carbonyl (C=O) groups excluding carboxylic acids is 3. The van der Waals surface area contributed by atoms with Gasteiger partial charge < -0.3 is 14.2 Å². The summed E-state index contributed by atoms with van der Waals surface area (Å²) in [5.41, 5.74) is 6.06. The number of rotatable bonds is 11. The van der Waals surface area contributed by atoms with E-state index in [4.69, 9.17) is 14.2 Å². The Morgan fingerprint density at radius 1 is 1.03 bits per heavy atom. The summed E-state index contributed by atoms with van der Waals surface area (Å²) in [6.07, 6.45) is -0.0197. The highest BCUT2D eigenvalue weighted by molar-refractivity contribution is 6.05. The number of likely N-dealkylation sites (tertiary alicyclic amines) is 1. The Hall–Kier alpha value is -3.43. The molecular weight excluding hydrogens is 402 g/mol. The fourth-order valence-electron chi connectivity index (χ4n) is 2.94. The molecule has 1 aliphatic heterocycles. The number of nitrogens with zero attached hydrogens (tertiary/aromatic N) is 1. The van der Waals surface area contributed by atoms with Crippen molar-refractivity contribution in [2.75, 3.05) is 26.9 Å². The van der Waals surface area contributed by atoms with Gasteiger partial charge in [-0.2, -0.15) is 0 Å². The van der Waals surface area contributed by atoms with Crippen LogP contribution in [0.25, 0.3) is 0 Å². The maximum atomic E-state index is 12.2. The smallest absolute Gasteiger partial charge is 0.272 e. The van der Waals surface area contributed by atoms with Crippen molar-refractivity contribution in [1.29, 1.82) is 0 Å². The molecule has 31 heavy (non-hydrogen) atoms. The van der Waals surface area contributed by atoms with Crippen molar-refractivity contribution in [2.45, 2.75) is 19.1 Å². The van der Waals surface area contributed by atoms with Crippen LogP contribution < -0.4 is 20.3 Å². The predicted octanol–water partition coefficient (Wildman–Crippen LogP) is 1.04. The molecule has 0 radical (unpaired) electrons. The van der Waals surface area contributed by atoms with E-state index in [-0.39, 0.29) is 32.1 Å². The molecular formula is C22H25N3O6. The van der Waals surface area contributed by atoms with E-state index in [2.05, 4.69) is 10.9 Å². The van der Waals surface area contributed by atoms with Crippen LogP contribution in [0.4, 0.5) is 0 Å². The second kappa shape index (κ2) is 11.1. The Labute approximate surface area is 180 Å². The molecule has 1 fully saturated rings. The zero-order chi connectivity index (χ0) is 22.1. The Bertz CT molecular complexity index is 888. The van der Waals surface area contributed by atoms with Crippen LogP contribution in [0.15, 0.2) is 54.6 Å². The van der Waals surface area contributed by atoms with Gasteiger partial charge in [-0.3, -0.25) is 24.7 Å². The highest BCUT2D eigenvalue weighted by Gasteiger charge is 2.38. The molecule has 1 unspecified atom stereocenters. The lowest BCUT2D eigenvalue weighted by molar-refractivity contribution is -0.139. The summed E-state index contributed by atoms with van der Waals surface area (Å²) in [7, 11) is 1.49. The monoisotopic (exact) mass is 427 g/mol. The van der Waals surface area contributed by atoms with Crippen molar-refractivity contribution in [2.24, 2.45) is 0 Å². The van der Waals surface area contributed by atoms with Crippen LogP contribution in [0, 0.1) is 0 Å². The molecule has 3 rings (SSSR count). The minimum atomic E-state index is -0.797. The average Bonchev–Trinajstić information content (AvgIpc) is 3.07. The second-order valence-electron chi connectivity index (χ2n) is 6.86. The Balaban J connectivity index is 1.37. The van der Waals surface area contributed by atoms with Crippen LogP contribution >= 0.6 is 0 Å². The van der Waals surface area contributed by atoms with Gasteiger partial charge in [0.1, 0.15) is 24.1 Å². The number of methoxy groups -OCH3 is 1. The number of carbonyl (C=O) groups is 3. The van der Waals surface area contributed by atoms with Gasteiger partial charge in [0.05, 0.1) is 19.6 Å². The molecule has 1 heterocycles. The molecule has 0 spiro atoms. The van der Waals surface area contributed by atoms with E-state index in [1.165, 1.54) is 7.11 Å². The number of hydrazine groups is 1. The molecule has 1 atom stereocenters. The van der Waals surface area contributed by atoms with Gasteiger partial charge in [0, 0.05) is 7.11 Å². The first-order valence-corrected chi connectivity index (χ1v) is 9.84. The molecule has 2 aromatic rings. The molecule has 0 saturated carbocycles. The second-order valence-corrected chi connectivity index (χ2v) is 6.86. The Morgan fingerprint density at radius 2 is 1.71 bits per heavy atom. The summed E-state index contributed by atoms with van der Waals surface area (Å²) in [6.45, 7) is 0.662. The quantitative estimate of drug-likeness (QED) is 0.408. The Morgan fingerprint density at radius 3 is 2.39 bits per heavy atom. The molecule has 9 heteroatoms. The molecule has 3 amide bonds. The maximum absolute atomic E-state index is 12.2. The standard InChI is InChI=1S/C22H25N3O6/c1-29-12-11-25-21(27)13-19(22(25)28)23-24-20(26)15-31-18-9-7-17(8-10-18)30-14-16-5-3-2-4-6-16/h2-10,19,23H,11-15H2,1H3,(H,24,26). The van der Waals surface area contributed by atoms with Crippen molar-refractivity contribution in [3.8, 4) is 11.5 Å². The summed E-state index contributed by atoms with van der Waals surface area (Å²) >= 11 is 0. The highest BCUT2D eigenvalue weighted by atomic mass is 16.5. The number of nitrogens with one attached hydrogen (secondary N) is 2. The van der Waals surface area contributed by atoms with Gasteiger partial charge in [0.15, 0.2) is 6.61 Å². The van der Waals surface area contributed by atoms with E-state index < -0.39 is 17.9 Å². The number of ether oxygens (including phenoxy) is 3. The summed E-state index contributed by atoms with van der Waals surface area (Å²) in [6, 6.07) is 15.9. The van der Waals surface area contributed by atoms with Crippen molar-refractivity contribution >= 4 is 17.7 Å². The number of hydrogen-bond acceptors (Lipinski definition) is 7. The fourth-order valence-corrected chi connectivity index (χ4v) is 2.94. The first-order valence-electron chi connectivity index (χ1n) is 9.84. The fraction of sp³-hybridized carbons (Fsp3) is 0.318. The number of amides is 3. The predicted molar refractivity (Wildman–Crippen MR) is 111 cm³/mol. The van der Waals surface area contributed by atoms with Gasteiger partial charge in [0.2, 0.25) is 11.8 Å². The molecule has 0 aromatic heterocycles. The van der Waals surface area contributed by atoms with E-state index >= 15 is 0 Å². The minimum absolute atomic E-state index is 0.0197. The zero-order valence-corrected chi connectivity index (χ0v) is 17.2. The van der Waals surface area contributed by atoms with Crippen molar-refractivity contribution in [1.82, 2.24) is 15.8 Å². The van der Waals surface area contributed by atoms with E-state index in [1.54, 1.807) is 24.3 Å². The van der Waals surface area contributed by atoms with Gasteiger partial charge in [-0.1, -0.05) is 30.3 Å². The lowest BCUT2D eigenvalue weighted by Gasteiger charge is -2.15. The highest BCUT2D eigenvalue weighted by Crippen LogP contribution is 2.18. The third-order valence-corrected chi connectivity index (χ3v) is 4.59. The molecule has 1 saturated heterocycles. The SMILES string of the molecule is COCCN1C(=O)CC(NNC(=O)COc2ccc(OCc3ccccc3)cc2)C1=O. The number of hydrogen-bond donors (Lipinski definition) is 2. The van der Waals surface area contributed by atoms with Gasteiger partial charge in [-0.15, -0.1) is 0 Å². The van der Waals surface area contributed by atoms with Crippen LogP contribution in [0.2, 0.25) is 0 Å². The van der Waals surface area contributed by atoms with Gasteiger partial charge >= 0.3 is 0 Å². The summed E-state index contributed by atoms with van der Waals surface area (Å²) in [5, 5.41) is 0. The minimum Gasteiger partial charge on any atom is -0.489 e. The lowest BCUT2D eigenvalue weighted by atomic mass is 10.2. The van der Waals surface area contributed by atoms with E-state index in [0.29, 0.717) is 18.1 Å². The lowest BCUT2D eigenvalue weighted by Crippen LogP contribution is -2.49. The van der Waals surface area contributed by atoms with Crippen LogP contribution in [0.5, 0.6) is 11.5 Å². The zero-order valence-electron chi connectivity index (χ0n) is 17.2. The van der Waals surface area contributed by atoms with Crippen molar-refractivity contribution in [3.63, 3.8) is 0 Å².